The number of fused-ring (bicyclic) bond motifs is 1. The van der Waals surface area contributed by atoms with E-state index in [0.29, 0.717) is 0 Å². The van der Waals surface area contributed by atoms with Crippen LogP contribution in [0.2, 0.25) is 0 Å². The number of carbonyl (C=O) groups excluding carboxylic acids is 1. The van der Waals surface area contributed by atoms with Crippen molar-refractivity contribution in [2.24, 2.45) is 0 Å². The Bertz CT molecular complexity index is 948. The van der Waals surface area contributed by atoms with Crippen LogP contribution < -0.4 is 10.2 Å². The van der Waals surface area contributed by atoms with Crippen LogP contribution in [0.25, 0.3) is 10.2 Å². The number of anilines is 1. The third-order valence-electron chi connectivity index (χ3n) is 5.33. The molecule has 0 bridgehead atoms. The molecule has 2 aromatic carbocycles. The van der Waals surface area contributed by atoms with Gasteiger partial charge in [-0.15, -0.1) is 11.3 Å². The summed E-state index contributed by atoms with van der Waals surface area (Å²) in [7, 11) is 0. The lowest BCUT2D eigenvalue weighted by Gasteiger charge is -2.34. The van der Waals surface area contributed by atoms with Gasteiger partial charge in [0.05, 0.1) is 41.4 Å². The average Bonchev–Trinajstić information content (AvgIpc) is 3.08. The van der Waals surface area contributed by atoms with Crippen molar-refractivity contribution < 1.29 is 9.69 Å². The summed E-state index contributed by atoms with van der Waals surface area (Å²) in [5.41, 5.74) is 3.36. The highest BCUT2D eigenvalue weighted by atomic mass is 32.1. The molecule has 2 heterocycles. The summed E-state index contributed by atoms with van der Waals surface area (Å²) in [5, 5.41) is 4.43. The maximum atomic E-state index is 12.9. The van der Waals surface area contributed by atoms with Crippen molar-refractivity contribution in [3.63, 3.8) is 0 Å². The Morgan fingerprint density at radius 2 is 1.96 bits per heavy atom. The van der Waals surface area contributed by atoms with E-state index in [-0.39, 0.29) is 11.9 Å². The second-order valence-electron chi connectivity index (χ2n) is 7.52. The monoisotopic (exact) mass is 395 g/mol. The number of quaternary nitrogens is 1. The molecule has 5 nitrogen and oxygen atoms in total. The van der Waals surface area contributed by atoms with Gasteiger partial charge in [0.2, 0.25) is 5.91 Å². The smallest absolute Gasteiger partial charge is 0.245 e. The molecule has 6 heteroatoms. The molecule has 0 saturated carbocycles. The molecule has 1 amide bonds. The summed E-state index contributed by atoms with van der Waals surface area (Å²) in [5.74, 6) is 0.180. The van der Waals surface area contributed by atoms with Crippen molar-refractivity contribution in [3.05, 3.63) is 59.1 Å². The van der Waals surface area contributed by atoms with Crippen molar-refractivity contribution in [3.8, 4) is 0 Å². The Hall–Kier alpha value is -2.44. The number of aryl methyl sites for hydroxylation is 1. The van der Waals surface area contributed by atoms with Gasteiger partial charge in [-0.05, 0) is 32.0 Å². The fourth-order valence-electron chi connectivity index (χ4n) is 3.82. The molecule has 0 spiro atoms. The topological polar surface area (TPSA) is 49.7 Å². The molecular formula is C22H27N4OS+. The number of thiazole rings is 1. The third-order valence-corrected chi connectivity index (χ3v) is 6.26. The van der Waals surface area contributed by atoms with Gasteiger partial charge in [0.25, 0.3) is 0 Å². The lowest BCUT2D eigenvalue weighted by atomic mass is 10.2. The van der Waals surface area contributed by atoms with E-state index in [4.69, 9.17) is 0 Å². The van der Waals surface area contributed by atoms with E-state index >= 15 is 0 Å². The molecule has 2 N–H and O–H groups in total. The first-order chi connectivity index (χ1) is 13.6. The highest BCUT2D eigenvalue weighted by molar-refractivity contribution is 7.18. The van der Waals surface area contributed by atoms with Crippen LogP contribution in [0, 0.1) is 6.92 Å². The summed E-state index contributed by atoms with van der Waals surface area (Å²) in [6, 6.07) is 16.5. The molecule has 1 saturated heterocycles. The number of piperazine rings is 1. The summed E-state index contributed by atoms with van der Waals surface area (Å²) in [6.07, 6.45) is 0. The molecule has 1 atom stereocenters. The second kappa shape index (κ2) is 8.29. The second-order valence-corrected chi connectivity index (χ2v) is 8.75. The number of aromatic nitrogens is 1. The van der Waals surface area contributed by atoms with Crippen LogP contribution >= 0.6 is 11.3 Å². The van der Waals surface area contributed by atoms with Crippen LogP contribution in [-0.4, -0.2) is 48.0 Å². The minimum Gasteiger partial charge on any atom is -0.374 e. The predicted octanol–water partition coefficient (Wildman–Crippen LogP) is 2.33. The molecule has 146 valence electrons. The highest BCUT2D eigenvalue weighted by Crippen LogP contribution is 2.25. The number of nitrogens with one attached hydrogen (secondary N) is 2. The van der Waals surface area contributed by atoms with Crippen molar-refractivity contribution in [2.45, 2.75) is 26.4 Å². The molecule has 28 heavy (non-hydrogen) atoms. The fraction of sp³-hybridized carbons (Fsp3) is 0.364. The molecule has 4 rings (SSSR count). The number of benzene rings is 2. The molecule has 0 radical (unpaired) electrons. The van der Waals surface area contributed by atoms with E-state index in [1.807, 2.05) is 30.9 Å². The summed E-state index contributed by atoms with van der Waals surface area (Å²) < 4.78 is 1.15. The van der Waals surface area contributed by atoms with Gasteiger partial charge in [0, 0.05) is 11.3 Å². The van der Waals surface area contributed by atoms with Crippen molar-refractivity contribution >= 4 is 33.1 Å². The number of nitrogens with zero attached hydrogens (tertiary/aromatic N) is 2. The Balaban J connectivity index is 1.31. The van der Waals surface area contributed by atoms with Gasteiger partial charge >= 0.3 is 0 Å². The number of amides is 1. The zero-order chi connectivity index (χ0) is 19.5. The van der Waals surface area contributed by atoms with Gasteiger partial charge in [-0.2, -0.15) is 0 Å². The molecule has 3 aromatic rings. The van der Waals surface area contributed by atoms with Crippen molar-refractivity contribution in [1.82, 2.24) is 9.88 Å². The molecular weight excluding hydrogens is 368 g/mol. The molecule has 0 unspecified atom stereocenters. The molecule has 1 aliphatic heterocycles. The number of rotatable bonds is 5. The van der Waals surface area contributed by atoms with Crippen molar-refractivity contribution in [2.75, 3.05) is 31.5 Å². The Kier molecular flexibility index (Phi) is 5.59. The SMILES string of the molecule is Cc1nc2ccc(N[C@@H](C)C(=O)N3CC[NH+](Cc4ccccc4)CC3)cc2s1. The van der Waals surface area contributed by atoms with Crippen LogP contribution in [0.4, 0.5) is 5.69 Å². The predicted molar refractivity (Wildman–Crippen MR) is 115 cm³/mol. The van der Waals surface area contributed by atoms with Gasteiger partial charge in [0.1, 0.15) is 12.6 Å². The van der Waals surface area contributed by atoms with E-state index in [0.717, 1.165) is 53.6 Å². The molecule has 1 aromatic heterocycles. The largest absolute Gasteiger partial charge is 0.374 e. The maximum Gasteiger partial charge on any atom is 0.245 e. The van der Waals surface area contributed by atoms with Crippen molar-refractivity contribution in [1.29, 1.82) is 0 Å². The lowest BCUT2D eigenvalue weighted by Crippen LogP contribution is -3.13. The maximum absolute atomic E-state index is 12.9. The Morgan fingerprint density at radius 1 is 1.21 bits per heavy atom. The number of hydrogen-bond donors (Lipinski definition) is 2. The molecule has 1 fully saturated rings. The first-order valence-electron chi connectivity index (χ1n) is 9.88. The van der Waals surface area contributed by atoms with E-state index in [9.17, 15) is 4.79 Å². The van der Waals surface area contributed by atoms with E-state index < -0.39 is 0 Å². The van der Waals surface area contributed by atoms with E-state index in [1.165, 1.54) is 5.56 Å². The van der Waals surface area contributed by atoms with Crippen LogP contribution in [0.5, 0.6) is 0 Å². The first-order valence-corrected chi connectivity index (χ1v) is 10.7. The number of carbonyl (C=O) groups is 1. The quantitative estimate of drug-likeness (QED) is 0.697. The fourth-order valence-corrected chi connectivity index (χ4v) is 4.69. The van der Waals surface area contributed by atoms with Gasteiger partial charge in [-0.1, -0.05) is 30.3 Å². The van der Waals surface area contributed by atoms with Crippen LogP contribution in [0.3, 0.4) is 0 Å². The number of hydrogen-bond acceptors (Lipinski definition) is 4. The van der Waals surface area contributed by atoms with Gasteiger partial charge in [0.15, 0.2) is 0 Å². The molecule has 1 aliphatic rings. The summed E-state index contributed by atoms with van der Waals surface area (Å²) >= 11 is 1.68. The zero-order valence-corrected chi connectivity index (χ0v) is 17.3. The minimum absolute atomic E-state index is 0.180. The standard InChI is InChI=1S/C22H26N4OS/c1-16(23-19-8-9-20-21(14-19)28-17(2)24-20)22(27)26-12-10-25(11-13-26)15-18-6-4-3-5-7-18/h3-9,14,16,23H,10-13,15H2,1-2H3/p+1/t16-/m0/s1. The van der Waals surface area contributed by atoms with Gasteiger partial charge in [-0.25, -0.2) is 4.98 Å². The minimum atomic E-state index is -0.234. The van der Waals surface area contributed by atoms with Crippen LogP contribution in [-0.2, 0) is 11.3 Å². The Morgan fingerprint density at radius 3 is 2.71 bits per heavy atom. The third kappa shape index (κ3) is 4.34. The lowest BCUT2D eigenvalue weighted by molar-refractivity contribution is -0.917. The first kappa shape index (κ1) is 18.9. The van der Waals surface area contributed by atoms with E-state index in [1.54, 1.807) is 16.2 Å². The van der Waals surface area contributed by atoms with E-state index in [2.05, 4.69) is 46.7 Å². The van der Waals surface area contributed by atoms with Gasteiger partial charge in [-0.3, -0.25) is 4.79 Å². The molecule has 0 aliphatic carbocycles. The van der Waals surface area contributed by atoms with Crippen LogP contribution in [0.15, 0.2) is 48.5 Å². The zero-order valence-electron chi connectivity index (χ0n) is 16.4. The average molecular weight is 396 g/mol. The summed E-state index contributed by atoms with van der Waals surface area (Å²) in [6.45, 7) is 8.64. The summed E-state index contributed by atoms with van der Waals surface area (Å²) in [4.78, 5) is 20.9. The van der Waals surface area contributed by atoms with Crippen LogP contribution in [0.1, 0.15) is 17.5 Å². The van der Waals surface area contributed by atoms with Gasteiger partial charge < -0.3 is 15.1 Å². The Labute approximate surface area is 170 Å². The highest BCUT2D eigenvalue weighted by Gasteiger charge is 2.27. The normalized spacial score (nSPS) is 16.3.